The largest absolute Gasteiger partial charge is 0.494 e. The van der Waals surface area contributed by atoms with Crippen molar-refractivity contribution in [1.29, 1.82) is 0 Å². The molecular weight excluding hydrogens is 178 g/mol. The minimum atomic E-state index is -0.462. The summed E-state index contributed by atoms with van der Waals surface area (Å²) in [6.45, 7) is 3.09. The molecule has 0 unspecified atom stereocenters. The van der Waals surface area contributed by atoms with Crippen LogP contribution >= 0.6 is 0 Å². The monoisotopic (exact) mass is 195 g/mol. The molecule has 0 radical (unpaired) electrons. The summed E-state index contributed by atoms with van der Waals surface area (Å²) < 4.78 is 5.29. The van der Waals surface area contributed by atoms with Crippen LogP contribution in [0.1, 0.15) is 25.0 Å². The van der Waals surface area contributed by atoms with E-state index in [0.29, 0.717) is 19.6 Å². The van der Waals surface area contributed by atoms with Crippen LogP contribution in [0.4, 0.5) is 0 Å². The number of ether oxygens (including phenoxy) is 1. The van der Waals surface area contributed by atoms with Gasteiger partial charge in [0.15, 0.2) is 0 Å². The Morgan fingerprint density at radius 1 is 1.36 bits per heavy atom. The van der Waals surface area contributed by atoms with E-state index in [0.717, 1.165) is 11.3 Å². The first-order chi connectivity index (χ1) is 6.77. The Morgan fingerprint density at radius 3 is 2.50 bits per heavy atom. The number of nitrogens with two attached hydrogens (primary N) is 1. The first kappa shape index (κ1) is 11.0. The summed E-state index contributed by atoms with van der Waals surface area (Å²) in [5, 5.41) is 9.62. The average Bonchev–Trinajstić information content (AvgIpc) is 2.20. The highest BCUT2D eigenvalue weighted by atomic mass is 16.5. The van der Waals surface area contributed by atoms with Crippen LogP contribution in [0, 0.1) is 0 Å². The molecule has 14 heavy (non-hydrogen) atoms. The average molecular weight is 195 g/mol. The van der Waals surface area contributed by atoms with Crippen molar-refractivity contribution in [2.24, 2.45) is 5.73 Å². The van der Waals surface area contributed by atoms with Crippen molar-refractivity contribution in [3.63, 3.8) is 0 Å². The molecule has 0 aromatic heterocycles. The molecule has 1 aromatic carbocycles. The number of hydrogen-bond donors (Lipinski definition) is 2. The summed E-state index contributed by atoms with van der Waals surface area (Å²) in [4.78, 5) is 0. The van der Waals surface area contributed by atoms with Gasteiger partial charge < -0.3 is 15.6 Å². The van der Waals surface area contributed by atoms with Crippen LogP contribution in [0.3, 0.4) is 0 Å². The lowest BCUT2D eigenvalue weighted by atomic mass is 10.1. The Bertz CT molecular complexity index is 258. The first-order valence-electron chi connectivity index (χ1n) is 4.88. The van der Waals surface area contributed by atoms with Gasteiger partial charge in [-0.25, -0.2) is 0 Å². The topological polar surface area (TPSA) is 55.5 Å². The minimum Gasteiger partial charge on any atom is -0.494 e. The lowest BCUT2D eigenvalue weighted by molar-refractivity contribution is 0.170. The van der Waals surface area contributed by atoms with Gasteiger partial charge in [-0.3, -0.25) is 0 Å². The SMILES string of the molecule is CCOc1ccc([C@@H](O)CCN)cc1. The Balaban J connectivity index is 2.62. The fourth-order valence-electron chi connectivity index (χ4n) is 1.28. The summed E-state index contributed by atoms with van der Waals surface area (Å²) in [7, 11) is 0. The first-order valence-corrected chi connectivity index (χ1v) is 4.88. The van der Waals surface area contributed by atoms with Crippen molar-refractivity contribution in [1.82, 2.24) is 0 Å². The molecular formula is C11H17NO2. The second kappa shape index (κ2) is 5.62. The van der Waals surface area contributed by atoms with Gasteiger partial charge in [0.2, 0.25) is 0 Å². The summed E-state index contributed by atoms with van der Waals surface area (Å²) >= 11 is 0. The zero-order valence-corrected chi connectivity index (χ0v) is 8.44. The molecule has 0 aliphatic carbocycles. The maximum absolute atomic E-state index is 9.62. The Morgan fingerprint density at radius 2 is 2.00 bits per heavy atom. The van der Waals surface area contributed by atoms with Gasteiger partial charge in [-0.05, 0) is 37.6 Å². The molecule has 0 aliphatic rings. The third-order valence-electron chi connectivity index (χ3n) is 2.02. The zero-order valence-electron chi connectivity index (χ0n) is 8.44. The van der Waals surface area contributed by atoms with Crippen LogP contribution in [0.2, 0.25) is 0 Å². The van der Waals surface area contributed by atoms with Crippen molar-refractivity contribution in [2.75, 3.05) is 13.2 Å². The summed E-state index contributed by atoms with van der Waals surface area (Å²) in [6, 6.07) is 7.45. The van der Waals surface area contributed by atoms with E-state index in [9.17, 15) is 5.11 Å². The van der Waals surface area contributed by atoms with E-state index >= 15 is 0 Å². The molecule has 0 saturated carbocycles. The van der Waals surface area contributed by atoms with E-state index < -0.39 is 6.10 Å². The number of rotatable bonds is 5. The molecule has 0 bridgehead atoms. The summed E-state index contributed by atoms with van der Waals surface area (Å²) in [5.74, 6) is 0.830. The van der Waals surface area contributed by atoms with Gasteiger partial charge in [-0.2, -0.15) is 0 Å². The smallest absolute Gasteiger partial charge is 0.119 e. The van der Waals surface area contributed by atoms with Gasteiger partial charge >= 0.3 is 0 Å². The second-order valence-corrected chi connectivity index (χ2v) is 3.10. The highest BCUT2D eigenvalue weighted by molar-refractivity contribution is 5.28. The van der Waals surface area contributed by atoms with E-state index in [1.165, 1.54) is 0 Å². The van der Waals surface area contributed by atoms with Crippen LogP contribution in [-0.2, 0) is 0 Å². The maximum Gasteiger partial charge on any atom is 0.119 e. The highest BCUT2D eigenvalue weighted by Gasteiger charge is 2.05. The molecule has 0 heterocycles. The van der Waals surface area contributed by atoms with Gasteiger partial charge in [0, 0.05) is 0 Å². The third-order valence-corrected chi connectivity index (χ3v) is 2.02. The molecule has 0 saturated heterocycles. The highest BCUT2D eigenvalue weighted by Crippen LogP contribution is 2.19. The standard InChI is InChI=1S/C11H17NO2/c1-2-14-10-5-3-9(4-6-10)11(13)7-8-12/h3-6,11,13H,2,7-8,12H2,1H3/t11-/m0/s1. The number of hydrogen-bond acceptors (Lipinski definition) is 3. The molecule has 0 spiro atoms. The van der Waals surface area contributed by atoms with Crippen LogP contribution in [0.25, 0.3) is 0 Å². The van der Waals surface area contributed by atoms with E-state index in [2.05, 4.69) is 0 Å². The molecule has 0 amide bonds. The van der Waals surface area contributed by atoms with Gasteiger partial charge in [0.25, 0.3) is 0 Å². The molecule has 78 valence electrons. The quantitative estimate of drug-likeness (QED) is 0.748. The lowest BCUT2D eigenvalue weighted by Crippen LogP contribution is -2.06. The maximum atomic E-state index is 9.62. The Labute approximate surface area is 84.5 Å². The minimum absolute atomic E-state index is 0.462. The zero-order chi connectivity index (χ0) is 10.4. The Kier molecular flexibility index (Phi) is 4.43. The molecule has 0 aliphatic heterocycles. The van der Waals surface area contributed by atoms with Gasteiger partial charge in [-0.1, -0.05) is 12.1 Å². The number of benzene rings is 1. The molecule has 3 nitrogen and oxygen atoms in total. The van der Waals surface area contributed by atoms with Gasteiger partial charge in [0.1, 0.15) is 5.75 Å². The van der Waals surface area contributed by atoms with Crippen LogP contribution in [-0.4, -0.2) is 18.3 Å². The predicted octanol–water partition coefficient (Wildman–Crippen LogP) is 1.47. The number of aliphatic hydroxyl groups excluding tert-OH is 1. The normalized spacial score (nSPS) is 12.5. The van der Waals surface area contributed by atoms with Crippen molar-refractivity contribution in [2.45, 2.75) is 19.4 Å². The molecule has 1 atom stereocenters. The van der Waals surface area contributed by atoms with E-state index in [1.807, 2.05) is 31.2 Å². The predicted molar refractivity (Wildman–Crippen MR) is 56.2 cm³/mol. The molecule has 3 heteroatoms. The van der Waals surface area contributed by atoms with Crippen molar-refractivity contribution >= 4 is 0 Å². The molecule has 3 N–H and O–H groups in total. The van der Waals surface area contributed by atoms with Crippen LogP contribution < -0.4 is 10.5 Å². The van der Waals surface area contributed by atoms with Gasteiger partial charge in [0.05, 0.1) is 12.7 Å². The number of aliphatic hydroxyl groups is 1. The third kappa shape index (κ3) is 3.01. The van der Waals surface area contributed by atoms with Crippen molar-refractivity contribution < 1.29 is 9.84 Å². The lowest BCUT2D eigenvalue weighted by Gasteiger charge is -2.10. The van der Waals surface area contributed by atoms with Crippen LogP contribution in [0.15, 0.2) is 24.3 Å². The molecule has 1 aromatic rings. The van der Waals surface area contributed by atoms with Gasteiger partial charge in [-0.15, -0.1) is 0 Å². The fraction of sp³-hybridized carbons (Fsp3) is 0.455. The molecule has 1 rings (SSSR count). The van der Waals surface area contributed by atoms with Crippen LogP contribution in [0.5, 0.6) is 5.75 Å². The Hall–Kier alpha value is -1.06. The second-order valence-electron chi connectivity index (χ2n) is 3.10. The fourth-order valence-corrected chi connectivity index (χ4v) is 1.28. The van der Waals surface area contributed by atoms with E-state index in [4.69, 9.17) is 10.5 Å². The van der Waals surface area contributed by atoms with Crippen molar-refractivity contribution in [3.05, 3.63) is 29.8 Å². The van der Waals surface area contributed by atoms with E-state index in [-0.39, 0.29) is 0 Å². The van der Waals surface area contributed by atoms with E-state index in [1.54, 1.807) is 0 Å². The summed E-state index contributed by atoms with van der Waals surface area (Å²) in [5.41, 5.74) is 6.25. The molecule has 0 fully saturated rings. The van der Waals surface area contributed by atoms with Crippen molar-refractivity contribution in [3.8, 4) is 5.75 Å². The summed E-state index contributed by atoms with van der Waals surface area (Å²) in [6.07, 6.45) is 0.129.